The molecule has 6 nitrogen and oxygen atoms in total. The monoisotopic (exact) mass is 292 g/mol. The van der Waals surface area contributed by atoms with Gasteiger partial charge in [0.25, 0.3) is 0 Å². The van der Waals surface area contributed by atoms with Gasteiger partial charge in [0.1, 0.15) is 6.04 Å². The summed E-state index contributed by atoms with van der Waals surface area (Å²) < 4.78 is 30.4. The number of sulfonamides is 1. The van der Waals surface area contributed by atoms with Crippen molar-refractivity contribution < 1.29 is 17.9 Å². The molecule has 0 aliphatic carbocycles. The molecule has 0 unspecified atom stereocenters. The van der Waals surface area contributed by atoms with Gasteiger partial charge < -0.3 is 10.5 Å². The molecule has 1 rings (SSSR count). The van der Waals surface area contributed by atoms with E-state index in [1.165, 1.54) is 24.3 Å². The summed E-state index contributed by atoms with van der Waals surface area (Å²) in [5, 5.41) is 0.414. The third kappa shape index (κ3) is 3.67. The maximum Gasteiger partial charge on any atom is 0.325 e. The quantitative estimate of drug-likeness (QED) is 0.751. The Morgan fingerprint density at radius 1 is 1.44 bits per heavy atom. The Bertz CT molecular complexity index is 515. The first-order valence-electron chi connectivity index (χ1n) is 4.96. The molecule has 0 spiro atoms. The highest BCUT2D eigenvalue weighted by Gasteiger charge is 2.25. The normalized spacial score (nSPS) is 13.1. The summed E-state index contributed by atoms with van der Waals surface area (Å²) in [7, 11) is -2.68. The Labute approximate surface area is 110 Å². The average Bonchev–Trinajstić information content (AvgIpc) is 2.35. The SMILES string of the molecule is COC(=O)[C@H](CN)NS(=O)(=O)c1ccc(Cl)cc1. The number of halogens is 1. The first kappa shape index (κ1) is 14.9. The Morgan fingerprint density at radius 2 is 2.00 bits per heavy atom. The van der Waals surface area contributed by atoms with E-state index < -0.39 is 22.0 Å². The average molecular weight is 293 g/mol. The molecule has 0 aliphatic heterocycles. The number of carbonyl (C=O) groups is 1. The number of carbonyl (C=O) groups excluding carboxylic acids is 1. The number of nitrogens with two attached hydrogens (primary N) is 1. The molecular formula is C10H13ClN2O4S. The maximum atomic E-state index is 11.9. The van der Waals surface area contributed by atoms with Gasteiger partial charge in [-0.3, -0.25) is 4.79 Å². The second-order valence-electron chi connectivity index (χ2n) is 3.39. The van der Waals surface area contributed by atoms with Crippen molar-refractivity contribution in [1.82, 2.24) is 4.72 Å². The van der Waals surface area contributed by atoms with Crippen molar-refractivity contribution in [3.05, 3.63) is 29.3 Å². The summed E-state index contributed by atoms with van der Waals surface area (Å²) in [5.74, 6) is -0.741. The molecule has 0 saturated carbocycles. The van der Waals surface area contributed by atoms with Crippen LogP contribution < -0.4 is 10.5 Å². The number of rotatable bonds is 5. The van der Waals surface area contributed by atoms with Crippen molar-refractivity contribution in [2.75, 3.05) is 13.7 Å². The van der Waals surface area contributed by atoms with Gasteiger partial charge in [0.2, 0.25) is 10.0 Å². The number of nitrogens with one attached hydrogen (secondary N) is 1. The molecule has 0 aliphatic rings. The van der Waals surface area contributed by atoms with Crippen molar-refractivity contribution >= 4 is 27.6 Å². The molecule has 0 aromatic heterocycles. The van der Waals surface area contributed by atoms with E-state index in [1.54, 1.807) is 0 Å². The van der Waals surface area contributed by atoms with Gasteiger partial charge in [-0.25, -0.2) is 8.42 Å². The lowest BCUT2D eigenvalue weighted by Gasteiger charge is -2.14. The first-order valence-corrected chi connectivity index (χ1v) is 6.82. The highest BCUT2D eigenvalue weighted by molar-refractivity contribution is 7.89. The molecule has 8 heteroatoms. The van der Waals surface area contributed by atoms with Gasteiger partial charge in [-0.1, -0.05) is 11.6 Å². The molecule has 18 heavy (non-hydrogen) atoms. The predicted octanol–water partition coefficient (Wildman–Crippen LogP) is 0.119. The van der Waals surface area contributed by atoms with Gasteiger partial charge in [0.15, 0.2) is 0 Å². The van der Waals surface area contributed by atoms with Crippen LogP contribution >= 0.6 is 11.6 Å². The molecule has 1 aromatic carbocycles. The van der Waals surface area contributed by atoms with Crippen LogP contribution in [-0.4, -0.2) is 34.1 Å². The zero-order chi connectivity index (χ0) is 13.8. The summed E-state index contributed by atoms with van der Waals surface area (Å²) in [4.78, 5) is 11.3. The fourth-order valence-electron chi connectivity index (χ4n) is 1.20. The van der Waals surface area contributed by atoms with E-state index in [2.05, 4.69) is 9.46 Å². The lowest BCUT2D eigenvalue weighted by Crippen LogP contribution is -2.46. The van der Waals surface area contributed by atoms with Crippen LogP contribution in [0.5, 0.6) is 0 Å². The summed E-state index contributed by atoms with van der Waals surface area (Å²) in [5.41, 5.74) is 5.31. The molecule has 3 N–H and O–H groups in total. The van der Waals surface area contributed by atoms with Crippen molar-refractivity contribution in [2.45, 2.75) is 10.9 Å². The van der Waals surface area contributed by atoms with Crippen LogP contribution in [0.2, 0.25) is 5.02 Å². The number of benzene rings is 1. The Kier molecular flexibility index (Phi) is 5.09. The van der Waals surface area contributed by atoms with Crippen molar-refractivity contribution in [3.63, 3.8) is 0 Å². The van der Waals surface area contributed by atoms with Crippen LogP contribution in [0.3, 0.4) is 0 Å². The number of hydrogen-bond donors (Lipinski definition) is 2. The Balaban J connectivity index is 2.94. The van der Waals surface area contributed by atoms with E-state index in [-0.39, 0.29) is 11.4 Å². The van der Waals surface area contributed by atoms with E-state index in [9.17, 15) is 13.2 Å². The third-order valence-electron chi connectivity index (χ3n) is 2.14. The van der Waals surface area contributed by atoms with Gasteiger partial charge in [-0.2, -0.15) is 4.72 Å². The molecule has 1 atom stereocenters. The van der Waals surface area contributed by atoms with Crippen LogP contribution in [0.15, 0.2) is 29.2 Å². The molecule has 0 fully saturated rings. The predicted molar refractivity (Wildman–Crippen MR) is 66.6 cm³/mol. The van der Waals surface area contributed by atoms with Gasteiger partial charge >= 0.3 is 5.97 Å². The van der Waals surface area contributed by atoms with E-state index >= 15 is 0 Å². The molecule has 100 valence electrons. The second-order valence-corrected chi connectivity index (χ2v) is 5.54. The zero-order valence-corrected chi connectivity index (χ0v) is 11.2. The minimum Gasteiger partial charge on any atom is -0.468 e. The molecular weight excluding hydrogens is 280 g/mol. The van der Waals surface area contributed by atoms with E-state index in [4.69, 9.17) is 17.3 Å². The van der Waals surface area contributed by atoms with E-state index in [1.807, 2.05) is 0 Å². The summed E-state index contributed by atoms with van der Waals surface area (Å²) >= 11 is 5.66. The fraction of sp³-hybridized carbons (Fsp3) is 0.300. The van der Waals surface area contributed by atoms with E-state index in [0.717, 1.165) is 7.11 Å². The number of hydrogen-bond acceptors (Lipinski definition) is 5. The highest BCUT2D eigenvalue weighted by atomic mass is 35.5. The largest absolute Gasteiger partial charge is 0.468 e. The molecule has 1 aromatic rings. The second kappa shape index (κ2) is 6.14. The van der Waals surface area contributed by atoms with Crippen LogP contribution in [0.25, 0.3) is 0 Å². The van der Waals surface area contributed by atoms with E-state index in [0.29, 0.717) is 5.02 Å². The highest BCUT2D eigenvalue weighted by Crippen LogP contribution is 2.14. The molecule has 0 amide bonds. The lowest BCUT2D eigenvalue weighted by atomic mass is 10.3. The molecule has 0 heterocycles. The standard InChI is InChI=1S/C10H13ClN2O4S/c1-17-10(14)9(6-12)13-18(15,16)8-4-2-7(11)3-5-8/h2-5,9,13H,6,12H2,1H3/t9-/m0/s1. The minimum atomic E-state index is -3.83. The van der Waals surface area contributed by atoms with Crippen LogP contribution in [0.4, 0.5) is 0 Å². The van der Waals surface area contributed by atoms with Gasteiger partial charge in [0.05, 0.1) is 12.0 Å². The van der Waals surface area contributed by atoms with Crippen LogP contribution in [0.1, 0.15) is 0 Å². The minimum absolute atomic E-state index is 0.00532. The zero-order valence-electron chi connectivity index (χ0n) is 9.59. The molecule has 0 bridgehead atoms. The van der Waals surface area contributed by atoms with Crippen molar-refractivity contribution in [1.29, 1.82) is 0 Å². The smallest absolute Gasteiger partial charge is 0.325 e. The summed E-state index contributed by atoms with van der Waals surface area (Å²) in [6.07, 6.45) is 0. The molecule has 0 saturated heterocycles. The Morgan fingerprint density at radius 3 is 2.44 bits per heavy atom. The van der Waals surface area contributed by atoms with Gasteiger partial charge in [-0.05, 0) is 24.3 Å². The maximum absolute atomic E-state index is 11.9. The lowest BCUT2D eigenvalue weighted by molar-refractivity contribution is -0.142. The van der Waals surface area contributed by atoms with Crippen molar-refractivity contribution in [3.8, 4) is 0 Å². The number of methoxy groups -OCH3 is 1. The number of esters is 1. The van der Waals surface area contributed by atoms with Gasteiger partial charge in [0, 0.05) is 11.6 Å². The molecule has 0 radical (unpaired) electrons. The summed E-state index contributed by atoms with van der Waals surface area (Å²) in [6, 6.07) is 4.42. The van der Waals surface area contributed by atoms with Crippen molar-refractivity contribution in [2.24, 2.45) is 5.73 Å². The topological polar surface area (TPSA) is 98.5 Å². The summed E-state index contributed by atoms with van der Waals surface area (Å²) in [6.45, 7) is -0.195. The van der Waals surface area contributed by atoms with Crippen LogP contribution in [-0.2, 0) is 19.6 Å². The Hall–Kier alpha value is -1.15. The van der Waals surface area contributed by atoms with Crippen LogP contribution in [0, 0.1) is 0 Å². The number of ether oxygens (including phenoxy) is 1. The first-order chi connectivity index (χ1) is 8.40. The third-order valence-corrected chi connectivity index (χ3v) is 3.88. The fourth-order valence-corrected chi connectivity index (χ4v) is 2.53. The van der Waals surface area contributed by atoms with Gasteiger partial charge in [-0.15, -0.1) is 0 Å².